The smallest absolute Gasteiger partial charge is 0.00342 e. The van der Waals surface area contributed by atoms with Gasteiger partial charge in [0, 0.05) is 5.33 Å². The minimum atomic E-state index is 0.959. The van der Waals surface area contributed by atoms with Crippen molar-refractivity contribution < 1.29 is 0 Å². The molecular formula is C8H13Br. The molecule has 0 atom stereocenters. The van der Waals surface area contributed by atoms with Gasteiger partial charge in [0.15, 0.2) is 0 Å². The molecule has 52 valence electrons. The first-order valence-corrected chi connectivity index (χ1v) is 4.78. The Kier molecular flexibility index (Phi) is 3.34. The Morgan fingerprint density at radius 1 is 1.44 bits per heavy atom. The predicted molar refractivity (Wildman–Crippen MR) is 44.9 cm³/mol. The highest BCUT2D eigenvalue weighted by molar-refractivity contribution is 9.09. The Hall–Kier alpha value is 0.220. The van der Waals surface area contributed by atoms with E-state index in [9.17, 15) is 0 Å². The van der Waals surface area contributed by atoms with E-state index >= 15 is 0 Å². The van der Waals surface area contributed by atoms with Crippen LogP contribution in [0.3, 0.4) is 0 Å². The fourth-order valence-corrected chi connectivity index (χ4v) is 1.10. The van der Waals surface area contributed by atoms with Crippen molar-refractivity contribution in [2.24, 2.45) is 5.92 Å². The molecule has 0 N–H and O–H groups in total. The molecule has 0 spiro atoms. The lowest BCUT2D eigenvalue weighted by Gasteiger charge is -1.85. The van der Waals surface area contributed by atoms with E-state index in [0.717, 1.165) is 11.2 Å². The Morgan fingerprint density at radius 3 is 2.78 bits per heavy atom. The molecular weight excluding hydrogens is 176 g/mol. The number of hydrogen-bond acceptors (Lipinski definition) is 0. The van der Waals surface area contributed by atoms with Crippen molar-refractivity contribution in [2.45, 2.75) is 25.7 Å². The summed E-state index contributed by atoms with van der Waals surface area (Å²) in [5, 5.41) is 1.14. The standard InChI is InChI=1S/C8H13Br/c9-7-3-1-2-4-8-5-6-8/h2,4,8H,1,3,5-7H2/b4-2+. The van der Waals surface area contributed by atoms with Crippen LogP contribution in [-0.4, -0.2) is 5.33 Å². The number of alkyl halides is 1. The van der Waals surface area contributed by atoms with Crippen molar-refractivity contribution in [2.75, 3.05) is 5.33 Å². The third-order valence-electron chi connectivity index (χ3n) is 1.53. The van der Waals surface area contributed by atoms with E-state index in [2.05, 4.69) is 28.1 Å². The van der Waals surface area contributed by atoms with Gasteiger partial charge in [0.25, 0.3) is 0 Å². The SMILES string of the molecule is BrCCC/C=C/C1CC1. The van der Waals surface area contributed by atoms with Crippen molar-refractivity contribution in [3.05, 3.63) is 12.2 Å². The zero-order valence-electron chi connectivity index (χ0n) is 5.65. The molecule has 0 radical (unpaired) electrons. The van der Waals surface area contributed by atoms with Gasteiger partial charge >= 0.3 is 0 Å². The maximum Gasteiger partial charge on any atom is 0.00342 e. The van der Waals surface area contributed by atoms with Gasteiger partial charge in [0.1, 0.15) is 0 Å². The quantitative estimate of drug-likeness (QED) is 0.362. The summed E-state index contributed by atoms with van der Waals surface area (Å²) >= 11 is 3.40. The maximum atomic E-state index is 3.40. The summed E-state index contributed by atoms with van der Waals surface area (Å²) < 4.78 is 0. The minimum Gasteiger partial charge on any atom is -0.0928 e. The van der Waals surface area contributed by atoms with Gasteiger partial charge in [-0.2, -0.15) is 0 Å². The van der Waals surface area contributed by atoms with Crippen molar-refractivity contribution in [1.82, 2.24) is 0 Å². The van der Waals surface area contributed by atoms with Gasteiger partial charge < -0.3 is 0 Å². The topological polar surface area (TPSA) is 0 Å². The highest BCUT2D eigenvalue weighted by Gasteiger charge is 2.16. The van der Waals surface area contributed by atoms with E-state index in [1.54, 1.807) is 0 Å². The summed E-state index contributed by atoms with van der Waals surface area (Å²) in [6.07, 6.45) is 10.1. The van der Waals surface area contributed by atoms with E-state index in [1.165, 1.54) is 25.7 Å². The summed E-state index contributed by atoms with van der Waals surface area (Å²) in [6, 6.07) is 0. The molecule has 0 aromatic rings. The van der Waals surface area contributed by atoms with Crippen LogP contribution in [0.4, 0.5) is 0 Å². The highest BCUT2D eigenvalue weighted by atomic mass is 79.9. The largest absolute Gasteiger partial charge is 0.0928 e. The van der Waals surface area contributed by atoms with Gasteiger partial charge in [-0.3, -0.25) is 0 Å². The van der Waals surface area contributed by atoms with Gasteiger partial charge in [-0.15, -0.1) is 0 Å². The molecule has 1 rings (SSSR count). The molecule has 1 saturated carbocycles. The van der Waals surface area contributed by atoms with Gasteiger partial charge in [0.2, 0.25) is 0 Å². The van der Waals surface area contributed by atoms with E-state index in [4.69, 9.17) is 0 Å². The number of rotatable bonds is 4. The monoisotopic (exact) mass is 188 g/mol. The maximum absolute atomic E-state index is 3.40. The molecule has 0 bridgehead atoms. The lowest BCUT2D eigenvalue weighted by molar-refractivity contribution is 0.963. The fourth-order valence-electron chi connectivity index (χ4n) is 0.772. The van der Waals surface area contributed by atoms with Crippen LogP contribution >= 0.6 is 15.9 Å². The zero-order valence-corrected chi connectivity index (χ0v) is 7.23. The van der Waals surface area contributed by atoms with Crippen LogP contribution in [0.25, 0.3) is 0 Å². The van der Waals surface area contributed by atoms with E-state index in [1.807, 2.05) is 0 Å². The minimum absolute atomic E-state index is 0.959. The Labute approximate surface area is 65.5 Å². The van der Waals surface area contributed by atoms with Gasteiger partial charge in [-0.05, 0) is 31.6 Å². The van der Waals surface area contributed by atoms with Gasteiger partial charge in [-0.25, -0.2) is 0 Å². The van der Waals surface area contributed by atoms with Crippen LogP contribution in [-0.2, 0) is 0 Å². The molecule has 9 heavy (non-hydrogen) atoms. The second kappa shape index (κ2) is 4.10. The van der Waals surface area contributed by atoms with E-state index in [-0.39, 0.29) is 0 Å². The van der Waals surface area contributed by atoms with Crippen LogP contribution < -0.4 is 0 Å². The lowest BCUT2D eigenvalue weighted by atomic mass is 10.3. The molecule has 0 saturated heterocycles. The predicted octanol–water partition coefficient (Wildman–Crippen LogP) is 3.13. The molecule has 1 aliphatic rings. The number of unbranched alkanes of at least 4 members (excludes halogenated alkanes) is 1. The zero-order chi connectivity index (χ0) is 6.53. The first-order valence-electron chi connectivity index (χ1n) is 3.66. The van der Waals surface area contributed by atoms with Crippen LogP contribution in [0.5, 0.6) is 0 Å². The van der Waals surface area contributed by atoms with Crippen molar-refractivity contribution in [3.63, 3.8) is 0 Å². The van der Waals surface area contributed by atoms with E-state index < -0.39 is 0 Å². The van der Waals surface area contributed by atoms with Gasteiger partial charge in [0.05, 0.1) is 0 Å². The summed E-state index contributed by atoms with van der Waals surface area (Å²) in [7, 11) is 0. The first-order chi connectivity index (χ1) is 4.43. The summed E-state index contributed by atoms with van der Waals surface area (Å²) in [5.74, 6) is 0.959. The summed E-state index contributed by atoms with van der Waals surface area (Å²) in [6.45, 7) is 0. The highest BCUT2D eigenvalue weighted by Crippen LogP contribution is 2.30. The second-order valence-corrected chi connectivity index (χ2v) is 3.39. The van der Waals surface area contributed by atoms with Crippen molar-refractivity contribution in [1.29, 1.82) is 0 Å². The molecule has 0 aliphatic heterocycles. The molecule has 0 aromatic carbocycles. The number of halogens is 1. The first kappa shape index (κ1) is 7.33. The molecule has 0 nitrogen and oxygen atoms in total. The molecule has 0 aromatic heterocycles. The number of allylic oxidation sites excluding steroid dienone is 2. The molecule has 1 heteroatoms. The normalized spacial score (nSPS) is 19.2. The summed E-state index contributed by atoms with van der Waals surface area (Å²) in [4.78, 5) is 0. The Morgan fingerprint density at radius 2 is 2.22 bits per heavy atom. The van der Waals surface area contributed by atoms with Crippen molar-refractivity contribution >= 4 is 15.9 Å². The van der Waals surface area contributed by atoms with Crippen molar-refractivity contribution in [3.8, 4) is 0 Å². The Balaban J connectivity index is 1.89. The molecule has 1 aliphatic carbocycles. The molecule has 0 unspecified atom stereocenters. The second-order valence-electron chi connectivity index (χ2n) is 2.60. The van der Waals surface area contributed by atoms with Crippen LogP contribution in [0.15, 0.2) is 12.2 Å². The molecule has 0 heterocycles. The van der Waals surface area contributed by atoms with Gasteiger partial charge in [-0.1, -0.05) is 28.1 Å². The molecule has 1 fully saturated rings. The lowest BCUT2D eigenvalue weighted by Crippen LogP contribution is -1.70. The van der Waals surface area contributed by atoms with E-state index in [0.29, 0.717) is 0 Å². The Bertz CT molecular complexity index is 92.7. The van der Waals surface area contributed by atoms with Crippen LogP contribution in [0, 0.1) is 5.92 Å². The summed E-state index contributed by atoms with van der Waals surface area (Å²) in [5.41, 5.74) is 0. The third kappa shape index (κ3) is 3.74. The van der Waals surface area contributed by atoms with Crippen LogP contribution in [0.2, 0.25) is 0 Å². The average molecular weight is 189 g/mol. The average Bonchev–Trinajstić information content (AvgIpc) is 2.63. The third-order valence-corrected chi connectivity index (χ3v) is 2.10. The van der Waals surface area contributed by atoms with Crippen LogP contribution in [0.1, 0.15) is 25.7 Å². The molecule has 0 amide bonds. The number of hydrogen-bond donors (Lipinski definition) is 0. The fraction of sp³-hybridized carbons (Fsp3) is 0.750.